The number of rotatable bonds is 6. The van der Waals surface area contributed by atoms with Crippen molar-refractivity contribution < 1.29 is 14.7 Å². The van der Waals surface area contributed by atoms with Crippen LogP contribution in [0.4, 0.5) is 5.69 Å². The molecule has 0 unspecified atom stereocenters. The third-order valence-electron chi connectivity index (χ3n) is 3.21. The lowest BCUT2D eigenvalue weighted by Crippen LogP contribution is -2.43. The summed E-state index contributed by atoms with van der Waals surface area (Å²) >= 11 is 0. The molecule has 1 saturated heterocycles. The zero-order valence-corrected chi connectivity index (χ0v) is 10.7. The topological polar surface area (TPSA) is 78.4 Å². The molecule has 0 aliphatic carbocycles. The normalized spacial score (nSPS) is 14.7. The highest BCUT2D eigenvalue weighted by Gasteiger charge is 2.19. The van der Waals surface area contributed by atoms with Crippen LogP contribution < -0.4 is 10.6 Å². The van der Waals surface area contributed by atoms with E-state index in [4.69, 9.17) is 5.11 Å². The molecule has 102 valence electrons. The van der Waals surface area contributed by atoms with Crippen LogP contribution in [-0.2, 0) is 16.0 Å². The first-order valence-corrected chi connectivity index (χ1v) is 6.45. The Hall–Kier alpha value is -1.88. The second kappa shape index (κ2) is 6.33. The Balaban J connectivity index is 1.80. The number of benzene rings is 1. The molecule has 1 fully saturated rings. The van der Waals surface area contributed by atoms with Gasteiger partial charge in [-0.25, -0.2) is 0 Å². The van der Waals surface area contributed by atoms with Gasteiger partial charge in [0.15, 0.2) is 0 Å². The summed E-state index contributed by atoms with van der Waals surface area (Å²) in [5.41, 5.74) is 1.72. The summed E-state index contributed by atoms with van der Waals surface area (Å²) in [5.74, 6) is -0.314. The first-order chi connectivity index (χ1) is 9.13. The van der Waals surface area contributed by atoms with Gasteiger partial charge in [-0.15, -0.1) is 0 Å². The van der Waals surface area contributed by atoms with Gasteiger partial charge in [0.05, 0.1) is 0 Å². The van der Waals surface area contributed by atoms with Crippen molar-refractivity contribution in [1.82, 2.24) is 5.32 Å². The lowest BCUT2D eigenvalue weighted by molar-refractivity contribution is -0.137. The number of anilines is 1. The molecule has 3 N–H and O–H groups in total. The Labute approximate surface area is 112 Å². The molecular formula is C14H18N2O3. The van der Waals surface area contributed by atoms with E-state index in [9.17, 15) is 9.59 Å². The number of hydrogen-bond acceptors (Lipinski definition) is 3. The zero-order valence-electron chi connectivity index (χ0n) is 10.7. The SMILES string of the molecule is O=C(O)CCc1ccc(NC(=O)CC2CNC2)cc1. The molecule has 0 spiro atoms. The molecule has 0 atom stereocenters. The van der Waals surface area contributed by atoms with Gasteiger partial charge in [0.25, 0.3) is 0 Å². The van der Waals surface area contributed by atoms with Crippen LogP contribution >= 0.6 is 0 Å². The predicted molar refractivity (Wildman–Crippen MR) is 72.0 cm³/mol. The molecule has 0 bridgehead atoms. The van der Waals surface area contributed by atoms with E-state index in [1.807, 2.05) is 24.3 Å². The second-order valence-corrected chi connectivity index (χ2v) is 4.87. The Kier molecular flexibility index (Phi) is 4.52. The predicted octanol–water partition coefficient (Wildman–Crippen LogP) is 1.25. The van der Waals surface area contributed by atoms with Crippen molar-refractivity contribution in [3.05, 3.63) is 29.8 Å². The molecule has 0 aromatic heterocycles. The highest BCUT2D eigenvalue weighted by molar-refractivity contribution is 5.90. The van der Waals surface area contributed by atoms with Gasteiger partial charge in [-0.1, -0.05) is 12.1 Å². The molecule has 1 heterocycles. The number of amides is 1. The Morgan fingerprint density at radius 2 is 1.95 bits per heavy atom. The van der Waals surface area contributed by atoms with Crippen LogP contribution in [0.3, 0.4) is 0 Å². The highest BCUT2D eigenvalue weighted by Crippen LogP contribution is 2.14. The maximum absolute atomic E-state index is 11.7. The molecule has 5 nitrogen and oxygen atoms in total. The van der Waals surface area contributed by atoms with E-state index in [0.717, 1.165) is 24.3 Å². The summed E-state index contributed by atoms with van der Waals surface area (Å²) in [6.07, 6.45) is 1.19. The fourth-order valence-corrected chi connectivity index (χ4v) is 1.97. The van der Waals surface area contributed by atoms with Gasteiger partial charge in [0, 0.05) is 18.5 Å². The summed E-state index contributed by atoms with van der Waals surface area (Å²) in [7, 11) is 0. The molecule has 19 heavy (non-hydrogen) atoms. The number of aliphatic carboxylic acids is 1. The number of carbonyl (C=O) groups excluding carboxylic acids is 1. The van der Waals surface area contributed by atoms with Gasteiger partial charge in [-0.05, 0) is 43.1 Å². The first-order valence-electron chi connectivity index (χ1n) is 6.45. The van der Waals surface area contributed by atoms with E-state index in [2.05, 4.69) is 10.6 Å². The minimum atomic E-state index is -0.800. The largest absolute Gasteiger partial charge is 0.481 e. The summed E-state index contributed by atoms with van der Waals surface area (Å²) in [4.78, 5) is 22.2. The molecule has 1 aliphatic heterocycles. The smallest absolute Gasteiger partial charge is 0.303 e. The Morgan fingerprint density at radius 3 is 2.47 bits per heavy atom. The maximum Gasteiger partial charge on any atom is 0.303 e. The maximum atomic E-state index is 11.7. The second-order valence-electron chi connectivity index (χ2n) is 4.87. The highest BCUT2D eigenvalue weighted by atomic mass is 16.4. The zero-order chi connectivity index (χ0) is 13.7. The van der Waals surface area contributed by atoms with Gasteiger partial charge in [0.2, 0.25) is 5.91 Å². The van der Waals surface area contributed by atoms with Crippen molar-refractivity contribution in [2.75, 3.05) is 18.4 Å². The molecule has 1 aromatic rings. The monoisotopic (exact) mass is 262 g/mol. The average molecular weight is 262 g/mol. The lowest BCUT2D eigenvalue weighted by Gasteiger charge is -2.26. The molecule has 0 radical (unpaired) electrons. The minimum absolute atomic E-state index is 0.0322. The Morgan fingerprint density at radius 1 is 1.26 bits per heavy atom. The van der Waals surface area contributed by atoms with Crippen molar-refractivity contribution in [2.24, 2.45) is 5.92 Å². The number of carboxylic acid groups (broad SMARTS) is 1. The van der Waals surface area contributed by atoms with Crippen LogP contribution in [0, 0.1) is 5.92 Å². The molecule has 1 amide bonds. The van der Waals surface area contributed by atoms with Gasteiger partial charge < -0.3 is 15.7 Å². The fourth-order valence-electron chi connectivity index (χ4n) is 1.97. The van der Waals surface area contributed by atoms with E-state index in [-0.39, 0.29) is 12.3 Å². The molecule has 0 saturated carbocycles. The van der Waals surface area contributed by atoms with Gasteiger partial charge in [-0.2, -0.15) is 0 Å². The van der Waals surface area contributed by atoms with Crippen LogP contribution in [0.2, 0.25) is 0 Å². The molecule has 1 aliphatic rings. The number of aryl methyl sites for hydroxylation is 1. The van der Waals surface area contributed by atoms with Crippen LogP contribution in [0.5, 0.6) is 0 Å². The van der Waals surface area contributed by atoms with Crippen molar-refractivity contribution in [1.29, 1.82) is 0 Å². The first kappa shape index (κ1) is 13.5. The van der Waals surface area contributed by atoms with Crippen LogP contribution in [0.15, 0.2) is 24.3 Å². The van der Waals surface area contributed by atoms with Crippen LogP contribution in [-0.4, -0.2) is 30.1 Å². The van der Waals surface area contributed by atoms with Crippen LogP contribution in [0.25, 0.3) is 0 Å². The number of carbonyl (C=O) groups is 2. The fraction of sp³-hybridized carbons (Fsp3) is 0.429. The molecule has 1 aromatic carbocycles. The van der Waals surface area contributed by atoms with E-state index in [0.29, 0.717) is 18.8 Å². The third kappa shape index (κ3) is 4.37. The minimum Gasteiger partial charge on any atom is -0.481 e. The number of hydrogen-bond donors (Lipinski definition) is 3. The number of carboxylic acids is 1. The van der Waals surface area contributed by atoms with Crippen LogP contribution in [0.1, 0.15) is 18.4 Å². The average Bonchev–Trinajstić information content (AvgIpc) is 2.33. The summed E-state index contributed by atoms with van der Waals surface area (Å²) in [6.45, 7) is 1.84. The van der Waals surface area contributed by atoms with Crippen molar-refractivity contribution >= 4 is 17.6 Å². The lowest BCUT2D eigenvalue weighted by atomic mass is 9.99. The standard InChI is InChI=1S/C14H18N2O3/c17-13(7-11-8-15-9-11)16-12-4-1-10(2-5-12)3-6-14(18)19/h1-2,4-5,11,15H,3,6-9H2,(H,16,17)(H,18,19). The molecular weight excluding hydrogens is 244 g/mol. The van der Waals surface area contributed by atoms with Crippen molar-refractivity contribution in [2.45, 2.75) is 19.3 Å². The molecule has 2 rings (SSSR count). The molecule has 5 heteroatoms. The van der Waals surface area contributed by atoms with E-state index >= 15 is 0 Å². The van der Waals surface area contributed by atoms with Gasteiger partial charge in [0.1, 0.15) is 0 Å². The number of nitrogens with one attached hydrogen (secondary N) is 2. The Bertz CT molecular complexity index is 452. The van der Waals surface area contributed by atoms with E-state index < -0.39 is 5.97 Å². The van der Waals surface area contributed by atoms with Gasteiger partial charge >= 0.3 is 5.97 Å². The summed E-state index contributed by atoms with van der Waals surface area (Å²) < 4.78 is 0. The quantitative estimate of drug-likeness (QED) is 0.721. The summed E-state index contributed by atoms with van der Waals surface area (Å²) in [6, 6.07) is 7.33. The van der Waals surface area contributed by atoms with Gasteiger partial charge in [-0.3, -0.25) is 9.59 Å². The third-order valence-corrected chi connectivity index (χ3v) is 3.21. The van der Waals surface area contributed by atoms with E-state index in [1.165, 1.54) is 0 Å². The summed E-state index contributed by atoms with van der Waals surface area (Å²) in [5, 5.41) is 14.6. The van der Waals surface area contributed by atoms with Crippen molar-refractivity contribution in [3.8, 4) is 0 Å². The van der Waals surface area contributed by atoms with E-state index in [1.54, 1.807) is 0 Å². The van der Waals surface area contributed by atoms with Crippen molar-refractivity contribution in [3.63, 3.8) is 0 Å².